The highest BCUT2D eigenvalue weighted by molar-refractivity contribution is 4.78. The Labute approximate surface area is 65.0 Å². The van der Waals surface area contributed by atoms with Crippen molar-refractivity contribution < 1.29 is 0 Å². The van der Waals surface area contributed by atoms with Gasteiger partial charge in [0.15, 0.2) is 0 Å². The van der Waals surface area contributed by atoms with Crippen molar-refractivity contribution in [3.8, 4) is 0 Å². The van der Waals surface area contributed by atoms with Gasteiger partial charge in [0.05, 0.1) is 0 Å². The molecule has 0 saturated heterocycles. The smallest absolute Gasteiger partial charge is 0.0355 e. The quantitative estimate of drug-likeness (QED) is 0.560. The van der Waals surface area contributed by atoms with Crippen LogP contribution in [0.2, 0.25) is 0 Å². The van der Waals surface area contributed by atoms with Crippen LogP contribution in [0.4, 0.5) is 0 Å². The second kappa shape index (κ2) is 4.76. The van der Waals surface area contributed by atoms with E-state index in [0.717, 1.165) is 5.92 Å². The molecule has 1 saturated carbocycles. The Balaban J connectivity index is 2.02. The van der Waals surface area contributed by atoms with E-state index in [1.165, 1.54) is 44.9 Å². The first-order valence-electron chi connectivity index (χ1n) is 4.77. The van der Waals surface area contributed by atoms with Gasteiger partial charge in [0.1, 0.15) is 0 Å². The lowest BCUT2D eigenvalue weighted by Crippen LogP contribution is -2.06. The second-order valence-corrected chi connectivity index (χ2v) is 3.42. The van der Waals surface area contributed by atoms with Crippen molar-refractivity contribution in [1.82, 2.24) is 0 Å². The topological polar surface area (TPSA) is 0 Å². The Hall–Kier alpha value is 0. The van der Waals surface area contributed by atoms with Gasteiger partial charge >= 0.3 is 0 Å². The van der Waals surface area contributed by atoms with E-state index in [1.54, 1.807) is 0 Å². The van der Waals surface area contributed by atoms with Gasteiger partial charge in [0, 0.05) is 0 Å². The molecule has 0 unspecified atom stereocenters. The summed E-state index contributed by atoms with van der Waals surface area (Å²) in [5.74, 6) is 0.980. The molecule has 0 bridgehead atoms. The van der Waals surface area contributed by atoms with Crippen molar-refractivity contribution in [1.29, 1.82) is 0 Å². The van der Waals surface area contributed by atoms with Crippen LogP contribution >= 0.6 is 0 Å². The molecule has 0 atom stereocenters. The average molecular weight is 139 g/mol. The van der Waals surface area contributed by atoms with Crippen LogP contribution in [0.3, 0.4) is 0 Å². The number of rotatable bonds is 3. The molecule has 10 heavy (non-hydrogen) atoms. The van der Waals surface area contributed by atoms with Gasteiger partial charge in [-0.25, -0.2) is 0 Å². The van der Waals surface area contributed by atoms with E-state index in [1.807, 2.05) is 0 Å². The van der Waals surface area contributed by atoms with Crippen LogP contribution in [0.15, 0.2) is 0 Å². The lowest BCUT2D eigenvalue weighted by Gasteiger charge is -2.20. The van der Waals surface area contributed by atoms with Crippen LogP contribution in [0.25, 0.3) is 0 Å². The number of unbranched alkanes of at least 4 members (excludes halogenated alkanes) is 1. The summed E-state index contributed by atoms with van der Waals surface area (Å²) >= 11 is 0. The first-order valence-corrected chi connectivity index (χ1v) is 4.77. The fraction of sp³-hybridized carbons (Fsp3) is 0.900. The summed E-state index contributed by atoms with van der Waals surface area (Å²) in [4.78, 5) is 0. The van der Waals surface area contributed by atoms with Gasteiger partial charge in [-0.05, 0) is 12.3 Å². The maximum Gasteiger partial charge on any atom is -0.0355 e. The van der Waals surface area contributed by atoms with Crippen LogP contribution in [0.1, 0.15) is 51.9 Å². The molecule has 0 aliphatic heterocycles. The van der Waals surface area contributed by atoms with Gasteiger partial charge in [0.2, 0.25) is 0 Å². The Bertz CT molecular complexity index is 70.1. The van der Waals surface area contributed by atoms with Gasteiger partial charge < -0.3 is 0 Å². The van der Waals surface area contributed by atoms with Crippen LogP contribution in [-0.4, -0.2) is 0 Å². The summed E-state index contributed by atoms with van der Waals surface area (Å²) < 4.78 is 0. The molecular formula is C10H19. The summed E-state index contributed by atoms with van der Waals surface area (Å²) in [7, 11) is 0. The predicted octanol–water partition coefficient (Wildman–Crippen LogP) is 3.57. The third-order valence-electron chi connectivity index (χ3n) is 2.44. The largest absolute Gasteiger partial charge is 0.0654 e. The molecule has 1 radical (unpaired) electrons. The van der Waals surface area contributed by atoms with E-state index in [-0.39, 0.29) is 0 Å². The molecular weight excluding hydrogens is 120 g/mol. The van der Waals surface area contributed by atoms with E-state index in [2.05, 4.69) is 13.3 Å². The third-order valence-corrected chi connectivity index (χ3v) is 2.44. The fourth-order valence-corrected chi connectivity index (χ4v) is 1.77. The highest BCUT2D eigenvalue weighted by atomic mass is 14.2. The van der Waals surface area contributed by atoms with E-state index >= 15 is 0 Å². The van der Waals surface area contributed by atoms with Crippen molar-refractivity contribution in [2.45, 2.75) is 51.9 Å². The molecule has 0 aromatic heterocycles. The van der Waals surface area contributed by atoms with Crippen LogP contribution in [0, 0.1) is 12.3 Å². The van der Waals surface area contributed by atoms with Gasteiger partial charge in [0.25, 0.3) is 0 Å². The summed E-state index contributed by atoms with van der Waals surface area (Å²) in [6.07, 6.45) is 12.6. The Morgan fingerprint density at radius 2 is 1.90 bits per heavy atom. The molecule has 1 aliphatic rings. The molecule has 0 amide bonds. The summed E-state index contributed by atoms with van der Waals surface area (Å²) in [6.45, 7) is 2.26. The van der Waals surface area contributed by atoms with Crippen LogP contribution < -0.4 is 0 Å². The van der Waals surface area contributed by atoms with Gasteiger partial charge in [-0.15, -0.1) is 0 Å². The molecule has 0 aromatic carbocycles. The second-order valence-electron chi connectivity index (χ2n) is 3.42. The van der Waals surface area contributed by atoms with Crippen molar-refractivity contribution in [3.05, 3.63) is 6.42 Å². The van der Waals surface area contributed by atoms with Crippen molar-refractivity contribution in [2.24, 2.45) is 5.92 Å². The summed E-state index contributed by atoms with van der Waals surface area (Å²) in [5.41, 5.74) is 0. The van der Waals surface area contributed by atoms with Gasteiger partial charge in [-0.2, -0.15) is 0 Å². The molecule has 1 aliphatic carbocycles. The van der Waals surface area contributed by atoms with E-state index in [0.29, 0.717) is 0 Å². The minimum absolute atomic E-state index is 0.980. The Kier molecular flexibility index (Phi) is 3.86. The zero-order valence-corrected chi connectivity index (χ0v) is 7.10. The first-order chi connectivity index (χ1) is 4.93. The molecule has 1 fully saturated rings. The van der Waals surface area contributed by atoms with E-state index in [9.17, 15) is 0 Å². The Morgan fingerprint density at radius 3 is 2.50 bits per heavy atom. The number of hydrogen-bond acceptors (Lipinski definition) is 0. The highest BCUT2D eigenvalue weighted by Crippen LogP contribution is 2.26. The SMILES string of the molecule is CCC[CH]C1CCCCC1. The van der Waals surface area contributed by atoms with Gasteiger partial charge in [-0.1, -0.05) is 51.9 Å². The van der Waals surface area contributed by atoms with Crippen LogP contribution in [0.5, 0.6) is 0 Å². The van der Waals surface area contributed by atoms with E-state index in [4.69, 9.17) is 0 Å². The van der Waals surface area contributed by atoms with Gasteiger partial charge in [-0.3, -0.25) is 0 Å². The van der Waals surface area contributed by atoms with Crippen LogP contribution in [-0.2, 0) is 0 Å². The first kappa shape index (κ1) is 8.10. The van der Waals surface area contributed by atoms with Crippen molar-refractivity contribution in [3.63, 3.8) is 0 Å². The summed E-state index contributed by atoms with van der Waals surface area (Å²) in [5, 5.41) is 0. The number of hydrogen-bond donors (Lipinski definition) is 0. The molecule has 0 aromatic rings. The third kappa shape index (κ3) is 2.72. The molecule has 0 nitrogen and oxygen atoms in total. The molecule has 0 N–H and O–H groups in total. The monoisotopic (exact) mass is 139 g/mol. The normalized spacial score (nSPS) is 21.3. The minimum Gasteiger partial charge on any atom is -0.0654 e. The average Bonchev–Trinajstić information content (AvgIpc) is 2.03. The lowest BCUT2D eigenvalue weighted by molar-refractivity contribution is 0.389. The zero-order valence-electron chi connectivity index (χ0n) is 7.10. The Morgan fingerprint density at radius 1 is 1.20 bits per heavy atom. The van der Waals surface area contributed by atoms with Crippen molar-refractivity contribution >= 4 is 0 Å². The maximum absolute atomic E-state index is 2.54. The minimum atomic E-state index is 0.980. The lowest BCUT2D eigenvalue weighted by atomic mass is 9.86. The summed E-state index contributed by atoms with van der Waals surface area (Å²) in [6, 6.07) is 0. The standard InChI is InChI=1S/C10H19/c1-2-3-7-10-8-5-4-6-9-10/h7,10H,2-6,8-9H2,1H3. The predicted molar refractivity (Wildman–Crippen MR) is 45.8 cm³/mol. The maximum atomic E-state index is 2.54. The van der Waals surface area contributed by atoms with Crippen molar-refractivity contribution in [2.75, 3.05) is 0 Å². The molecule has 59 valence electrons. The fourth-order valence-electron chi connectivity index (χ4n) is 1.77. The van der Waals surface area contributed by atoms with E-state index < -0.39 is 0 Å². The zero-order chi connectivity index (χ0) is 7.23. The molecule has 0 heterocycles. The molecule has 0 heteroatoms. The molecule has 1 rings (SSSR count). The highest BCUT2D eigenvalue weighted by Gasteiger charge is 2.11. The molecule has 0 spiro atoms.